The number of halogens is 4. The van der Waals surface area contributed by atoms with Gasteiger partial charge >= 0.3 is 6.18 Å². The Morgan fingerprint density at radius 1 is 1.23 bits per heavy atom. The topological polar surface area (TPSA) is 74.2 Å². The lowest BCUT2D eigenvalue weighted by atomic mass is 9.82. The smallest absolute Gasteiger partial charge is 0.389 e. The molecule has 10 heteroatoms. The Labute approximate surface area is 214 Å². The van der Waals surface area contributed by atoms with Gasteiger partial charge in [-0.15, -0.1) is 11.8 Å². The quantitative estimate of drug-likeness (QED) is 0.342. The van der Waals surface area contributed by atoms with Crippen LogP contribution in [0.2, 0.25) is 0 Å². The molecule has 1 amide bonds. The van der Waals surface area contributed by atoms with E-state index in [4.69, 9.17) is 4.74 Å². The third-order valence-electron chi connectivity index (χ3n) is 5.31. The normalized spacial score (nSPS) is 16.0. The van der Waals surface area contributed by atoms with Gasteiger partial charge in [0.1, 0.15) is 5.75 Å². The Morgan fingerprint density at radius 2 is 1.91 bits per heavy atom. The molecule has 2 aromatic rings. The molecule has 0 saturated heterocycles. The van der Waals surface area contributed by atoms with Crippen LogP contribution in [0.5, 0.6) is 5.75 Å². The minimum atomic E-state index is -4.23. The number of thioether (sulfide) groups is 1. The summed E-state index contributed by atoms with van der Waals surface area (Å²) in [5.41, 5.74) is 2.28. The number of dihydropyridines is 1. The number of hydrogen-bond donors (Lipinski definition) is 2. The van der Waals surface area contributed by atoms with Crippen LogP contribution < -0.4 is 15.4 Å². The van der Waals surface area contributed by atoms with Crippen LogP contribution in [0.15, 0.2) is 74.9 Å². The average molecular weight is 566 g/mol. The Kier molecular flexibility index (Phi) is 8.92. The van der Waals surface area contributed by atoms with Gasteiger partial charge in [0.05, 0.1) is 35.4 Å². The summed E-state index contributed by atoms with van der Waals surface area (Å²) in [7, 11) is 1.50. The van der Waals surface area contributed by atoms with E-state index in [9.17, 15) is 23.2 Å². The Hall–Kier alpha value is -2.90. The highest BCUT2D eigenvalue weighted by Crippen LogP contribution is 2.43. The lowest BCUT2D eigenvalue weighted by Gasteiger charge is -2.30. The molecular formula is C25H23BrF3N3O2S. The van der Waals surface area contributed by atoms with Crippen molar-refractivity contribution in [3.63, 3.8) is 0 Å². The Balaban J connectivity index is 1.99. The van der Waals surface area contributed by atoms with Crippen LogP contribution in [-0.4, -0.2) is 24.9 Å². The van der Waals surface area contributed by atoms with Crippen LogP contribution in [0, 0.1) is 11.3 Å². The molecular weight excluding hydrogens is 543 g/mol. The molecule has 1 unspecified atom stereocenters. The largest absolute Gasteiger partial charge is 0.495 e. The van der Waals surface area contributed by atoms with E-state index in [1.165, 1.54) is 7.11 Å². The molecule has 1 aliphatic rings. The lowest BCUT2D eigenvalue weighted by Crippen LogP contribution is -2.31. The molecule has 0 saturated carbocycles. The van der Waals surface area contributed by atoms with Crippen molar-refractivity contribution in [3.05, 3.63) is 80.4 Å². The Morgan fingerprint density at radius 3 is 2.57 bits per heavy atom. The molecule has 2 aromatic carbocycles. The van der Waals surface area contributed by atoms with Crippen molar-refractivity contribution < 1.29 is 22.7 Å². The van der Waals surface area contributed by atoms with E-state index in [0.717, 1.165) is 11.8 Å². The van der Waals surface area contributed by atoms with E-state index in [2.05, 4.69) is 32.6 Å². The SMILES string of the molecule is COc1ccccc1NC(=O)C1=C(C)NC(SCCCC(F)(F)F)=C(C#N)C1c1ccccc1Br. The first-order valence-corrected chi connectivity index (χ1v) is 12.4. The summed E-state index contributed by atoms with van der Waals surface area (Å²) < 4.78 is 43.8. The lowest BCUT2D eigenvalue weighted by molar-refractivity contribution is -0.134. The number of carbonyl (C=O) groups is 1. The van der Waals surface area contributed by atoms with Gasteiger partial charge in [-0.05, 0) is 42.9 Å². The van der Waals surface area contributed by atoms with Crippen LogP contribution >= 0.6 is 27.7 Å². The first kappa shape index (κ1) is 26.7. The van der Waals surface area contributed by atoms with Gasteiger partial charge in [-0.1, -0.05) is 46.3 Å². The maximum Gasteiger partial charge on any atom is 0.389 e. The molecule has 0 spiro atoms. The van der Waals surface area contributed by atoms with Crippen molar-refractivity contribution in [3.8, 4) is 11.8 Å². The summed E-state index contributed by atoms with van der Waals surface area (Å²) in [6.45, 7) is 1.71. The highest BCUT2D eigenvalue weighted by Gasteiger charge is 2.36. The van der Waals surface area contributed by atoms with Crippen LogP contribution in [0.1, 0.15) is 31.2 Å². The molecule has 35 heavy (non-hydrogen) atoms. The third-order valence-corrected chi connectivity index (χ3v) is 7.14. The first-order chi connectivity index (χ1) is 16.7. The molecule has 1 aliphatic heterocycles. The molecule has 5 nitrogen and oxygen atoms in total. The van der Waals surface area contributed by atoms with E-state index >= 15 is 0 Å². The molecule has 2 N–H and O–H groups in total. The fraction of sp³-hybridized carbons (Fsp3) is 0.280. The van der Waals surface area contributed by atoms with E-state index in [0.29, 0.717) is 37.8 Å². The number of hydrogen-bond acceptors (Lipinski definition) is 5. The summed E-state index contributed by atoms with van der Waals surface area (Å²) in [5.74, 6) is -0.492. The summed E-state index contributed by atoms with van der Waals surface area (Å²) in [6, 6.07) is 16.4. The third kappa shape index (κ3) is 6.61. The standard InChI is InChI=1S/C25H23BrF3N3O2S/c1-15-21(23(33)32-19-10-5-6-11-20(19)34-2)22(16-8-3-4-9-18(16)26)17(14-30)24(31-15)35-13-7-12-25(27,28)29/h3-6,8-11,22,31H,7,12-13H2,1-2H3,(H,32,33). The van der Waals surface area contributed by atoms with Gasteiger partial charge in [0.25, 0.3) is 5.91 Å². The van der Waals surface area contributed by atoms with E-state index < -0.39 is 24.4 Å². The van der Waals surface area contributed by atoms with Crippen molar-refractivity contribution in [2.24, 2.45) is 0 Å². The van der Waals surface area contributed by atoms with Crippen molar-refractivity contribution in [2.75, 3.05) is 18.2 Å². The maximum atomic E-state index is 13.5. The second-order valence-corrected chi connectivity index (χ2v) is 9.65. The molecule has 0 bridgehead atoms. The monoisotopic (exact) mass is 565 g/mol. The van der Waals surface area contributed by atoms with Crippen molar-refractivity contribution in [2.45, 2.75) is 31.9 Å². The molecule has 0 aromatic heterocycles. The van der Waals surface area contributed by atoms with E-state index in [1.807, 2.05) is 18.2 Å². The number of ether oxygens (including phenoxy) is 1. The van der Waals surface area contributed by atoms with Gasteiger partial charge in [-0.3, -0.25) is 4.79 Å². The number of alkyl halides is 3. The molecule has 3 rings (SSSR count). The number of benzene rings is 2. The molecule has 1 atom stereocenters. The van der Waals surface area contributed by atoms with Crippen LogP contribution in [-0.2, 0) is 4.79 Å². The van der Waals surface area contributed by atoms with E-state index in [1.54, 1.807) is 37.3 Å². The van der Waals surface area contributed by atoms with Gasteiger partial charge in [0.2, 0.25) is 0 Å². The second kappa shape index (κ2) is 11.7. The predicted octanol–water partition coefficient (Wildman–Crippen LogP) is 6.87. The van der Waals surface area contributed by atoms with Gasteiger partial charge in [0.15, 0.2) is 0 Å². The van der Waals surface area contributed by atoms with Crippen molar-refractivity contribution in [1.29, 1.82) is 5.26 Å². The van der Waals surface area contributed by atoms with Crippen LogP contribution in [0.25, 0.3) is 0 Å². The second-order valence-electron chi connectivity index (χ2n) is 7.69. The number of nitriles is 1. The van der Waals surface area contributed by atoms with Gasteiger partial charge < -0.3 is 15.4 Å². The van der Waals surface area contributed by atoms with Gasteiger partial charge in [-0.2, -0.15) is 18.4 Å². The Bertz CT molecular complexity index is 1200. The number of rotatable bonds is 8. The number of nitrogens with zero attached hydrogens (tertiary/aromatic N) is 1. The molecule has 1 heterocycles. The van der Waals surface area contributed by atoms with Crippen LogP contribution in [0.4, 0.5) is 18.9 Å². The zero-order valence-corrected chi connectivity index (χ0v) is 21.4. The fourth-order valence-corrected chi connectivity index (χ4v) is 5.28. The minimum absolute atomic E-state index is 0.0817. The first-order valence-electron chi connectivity index (χ1n) is 10.7. The van der Waals surface area contributed by atoms with E-state index in [-0.39, 0.29) is 17.7 Å². The minimum Gasteiger partial charge on any atom is -0.495 e. The predicted molar refractivity (Wildman–Crippen MR) is 135 cm³/mol. The zero-order valence-electron chi connectivity index (χ0n) is 19.0. The summed E-state index contributed by atoms with van der Waals surface area (Å²) >= 11 is 4.67. The number of nitrogens with one attached hydrogen (secondary N) is 2. The number of carbonyl (C=O) groups excluding carboxylic acids is 1. The molecule has 0 fully saturated rings. The summed E-state index contributed by atoms with van der Waals surface area (Å²) in [4.78, 5) is 13.5. The number of amides is 1. The van der Waals surface area contributed by atoms with Crippen molar-refractivity contribution >= 4 is 39.3 Å². The maximum absolute atomic E-state index is 13.5. The molecule has 184 valence electrons. The average Bonchev–Trinajstić information content (AvgIpc) is 2.81. The highest BCUT2D eigenvalue weighted by molar-refractivity contribution is 9.10. The zero-order chi connectivity index (χ0) is 25.6. The number of methoxy groups -OCH3 is 1. The summed E-state index contributed by atoms with van der Waals surface area (Å²) in [6.07, 6.45) is -5.21. The molecule has 0 radical (unpaired) electrons. The molecule has 0 aliphatic carbocycles. The van der Waals surface area contributed by atoms with Crippen molar-refractivity contribution in [1.82, 2.24) is 5.32 Å². The number of allylic oxidation sites excluding steroid dienone is 2. The highest BCUT2D eigenvalue weighted by atomic mass is 79.9. The summed E-state index contributed by atoms with van der Waals surface area (Å²) in [5, 5.41) is 16.5. The fourth-order valence-electron chi connectivity index (χ4n) is 3.73. The number of anilines is 1. The van der Waals surface area contributed by atoms with Crippen LogP contribution in [0.3, 0.4) is 0 Å². The van der Waals surface area contributed by atoms with Gasteiger partial charge in [0, 0.05) is 22.2 Å². The number of para-hydroxylation sites is 2. The van der Waals surface area contributed by atoms with Gasteiger partial charge in [-0.25, -0.2) is 0 Å².